The molecule has 2 heterocycles. The van der Waals surface area contributed by atoms with Crippen molar-refractivity contribution in [3.05, 3.63) is 127 Å². The van der Waals surface area contributed by atoms with Gasteiger partial charge in [-0.05, 0) is 48.6 Å². The molecular weight excluding hydrogens is 553 g/mol. The van der Waals surface area contributed by atoms with Gasteiger partial charge in [-0.25, -0.2) is 18.6 Å². The van der Waals surface area contributed by atoms with E-state index in [0.717, 1.165) is 29.5 Å². The molecule has 5 aromatic rings. The predicted octanol–water partition coefficient (Wildman–Crippen LogP) is 5.17. The normalized spacial score (nSPS) is 10.9. The van der Waals surface area contributed by atoms with Crippen molar-refractivity contribution in [1.82, 2.24) is 19.7 Å². The van der Waals surface area contributed by atoms with E-state index in [0.29, 0.717) is 41.3 Å². The van der Waals surface area contributed by atoms with Gasteiger partial charge < -0.3 is 0 Å². The van der Waals surface area contributed by atoms with Gasteiger partial charge in [-0.15, -0.1) is 0 Å². The van der Waals surface area contributed by atoms with Crippen molar-refractivity contribution >= 4 is 51.4 Å². The zero-order valence-corrected chi connectivity index (χ0v) is 22.2. The van der Waals surface area contributed by atoms with Crippen LogP contribution in [0.5, 0.6) is 0 Å². The molecule has 3 aromatic carbocycles. The third kappa shape index (κ3) is 6.90. The molecule has 5 rings (SSSR count). The Bertz CT molecular complexity index is 1760. The fourth-order valence-corrected chi connectivity index (χ4v) is 4.81. The van der Waals surface area contributed by atoms with E-state index >= 15 is 0 Å². The van der Waals surface area contributed by atoms with Gasteiger partial charge in [0.25, 0.3) is 5.56 Å². The molecule has 0 aliphatic carbocycles. The van der Waals surface area contributed by atoms with Crippen LogP contribution in [0.2, 0.25) is 0 Å². The fourth-order valence-electron chi connectivity index (χ4n) is 4.81. The van der Waals surface area contributed by atoms with Gasteiger partial charge >= 0.3 is 57.1 Å². The SMILES string of the molecule is CCCCc1nc(C)n(Cc2c(F)cccc2F)c(=O)c1Cc1ccc(-c2ccccc2-c2noc(=O)[nH]2)cc1.[KH]. The van der Waals surface area contributed by atoms with Crippen LogP contribution in [0.1, 0.15) is 48.0 Å². The van der Waals surface area contributed by atoms with Crippen molar-refractivity contribution in [2.45, 2.75) is 46.1 Å². The second-order valence-corrected chi connectivity index (χ2v) is 9.64. The monoisotopic (exact) mass is 582 g/mol. The van der Waals surface area contributed by atoms with Gasteiger partial charge in [-0.1, -0.05) is 73.1 Å². The summed E-state index contributed by atoms with van der Waals surface area (Å²) in [7, 11) is 0. The summed E-state index contributed by atoms with van der Waals surface area (Å²) in [5.74, 6) is -1.28. The molecule has 0 unspecified atom stereocenters. The number of hydrogen-bond acceptors (Lipinski definition) is 5. The van der Waals surface area contributed by atoms with Crippen molar-refractivity contribution < 1.29 is 13.3 Å². The summed E-state index contributed by atoms with van der Waals surface area (Å²) in [4.78, 5) is 32.5. The molecule has 0 amide bonds. The third-order valence-corrected chi connectivity index (χ3v) is 6.95. The van der Waals surface area contributed by atoms with Gasteiger partial charge in [-0.2, -0.15) is 0 Å². The summed E-state index contributed by atoms with van der Waals surface area (Å²) >= 11 is 0. The van der Waals surface area contributed by atoms with Gasteiger partial charge in [0.2, 0.25) is 0 Å². The molecule has 0 spiro atoms. The maximum atomic E-state index is 14.4. The maximum absolute atomic E-state index is 14.4. The Balaban J connectivity index is 0.00000387. The van der Waals surface area contributed by atoms with Crippen molar-refractivity contribution in [3.63, 3.8) is 0 Å². The number of rotatable bonds is 9. The van der Waals surface area contributed by atoms with Gasteiger partial charge in [0.15, 0.2) is 5.82 Å². The number of aryl methyl sites for hydroxylation is 2. The number of aromatic amines is 1. The summed E-state index contributed by atoms with van der Waals surface area (Å²) in [6.07, 6.45) is 2.76. The van der Waals surface area contributed by atoms with Crippen LogP contribution in [-0.4, -0.2) is 71.1 Å². The molecule has 2 aromatic heterocycles. The first-order valence-corrected chi connectivity index (χ1v) is 13.1. The molecule has 0 aliphatic heterocycles. The number of halogens is 2. The van der Waals surface area contributed by atoms with Crippen LogP contribution >= 0.6 is 0 Å². The Labute approximate surface area is 278 Å². The number of nitrogens with zero attached hydrogens (tertiary/aromatic N) is 3. The number of unbranched alkanes of at least 4 members (excludes halogenated alkanes) is 1. The van der Waals surface area contributed by atoms with Gasteiger partial charge in [0, 0.05) is 23.1 Å². The van der Waals surface area contributed by atoms with E-state index in [9.17, 15) is 18.4 Å². The molecule has 0 bridgehead atoms. The first-order valence-electron chi connectivity index (χ1n) is 13.1. The zero-order chi connectivity index (χ0) is 28.2. The topological polar surface area (TPSA) is 93.8 Å². The Morgan fingerprint density at radius 1 is 0.902 bits per heavy atom. The Morgan fingerprint density at radius 3 is 2.22 bits per heavy atom. The molecular formula is C31H29F2KN4O3. The van der Waals surface area contributed by atoms with E-state index in [1.54, 1.807) is 6.92 Å². The van der Waals surface area contributed by atoms with E-state index in [-0.39, 0.29) is 69.1 Å². The van der Waals surface area contributed by atoms with Crippen molar-refractivity contribution in [2.24, 2.45) is 0 Å². The van der Waals surface area contributed by atoms with E-state index in [1.807, 2.05) is 48.5 Å². The summed E-state index contributed by atoms with van der Waals surface area (Å²) in [5.41, 5.74) is 4.11. The van der Waals surface area contributed by atoms with Crippen LogP contribution in [-0.2, 0) is 19.4 Å². The quantitative estimate of drug-likeness (QED) is 0.242. The summed E-state index contributed by atoms with van der Waals surface area (Å²) in [6, 6.07) is 18.9. The molecule has 1 N–H and O–H groups in total. The average Bonchev–Trinajstić information content (AvgIpc) is 3.39. The third-order valence-electron chi connectivity index (χ3n) is 6.95. The number of hydrogen-bond donors (Lipinski definition) is 1. The van der Waals surface area contributed by atoms with E-state index in [2.05, 4.69) is 21.6 Å². The van der Waals surface area contributed by atoms with E-state index in [1.165, 1.54) is 22.8 Å². The van der Waals surface area contributed by atoms with Crippen LogP contribution in [0.15, 0.2) is 80.8 Å². The molecule has 10 heteroatoms. The van der Waals surface area contributed by atoms with E-state index < -0.39 is 17.4 Å². The number of nitrogens with one attached hydrogen (secondary N) is 1. The van der Waals surface area contributed by atoms with Crippen molar-refractivity contribution in [1.29, 1.82) is 0 Å². The average molecular weight is 583 g/mol. The molecule has 41 heavy (non-hydrogen) atoms. The number of aromatic nitrogens is 4. The second-order valence-electron chi connectivity index (χ2n) is 9.64. The molecule has 0 saturated heterocycles. The molecule has 0 radical (unpaired) electrons. The molecule has 206 valence electrons. The van der Waals surface area contributed by atoms with E-state index in [4.69, 9.17) is 4.98 Å². The number of H-pyrrole nitrogens is 1. The van der Waals surface area contributed by atoms with Gasteiger partial charge in [-0.3, -0.25) is 18.9 Å². The Kier molecular flexibility index (Phi) is 10.4. The van der Waals surface area contributed by atoms with Gasteiger partial charge in [0.05, 0.1) is 12.2 Å². The second kappa shape index (κ2) is 13.8. The molecule has 0 saturated carbocycles. The van der Waals surface area contributed by atoms with Crippen molar-refractivity contribution in [2.75, 3.05) is 0 Å². The summed E-state index contributed by atoms with van der Waals surface area (Å²) < 4.78 is 34.8. The van der Waals surface area contributed by atoms with Gasteiger partial charge in [0.1, 0.15) is 17.5 Å². The molecule has 0 aliphatic rings. The summed E-state index contributed by atoms with van der Waals surface area (Å²) in [5, 5.41) is 3.81. The molecule has 7 nitrogen and oxygen atoms in total. The number of benzene rings is 3. The summed E-state index contributed by atoms with van der Waals surface area (Å²) in [6.45, 7) is 3.52. The Hall–Kier alpha value is -3.02. The van der Waals surface area contributed by atoms with Crippen LogP contribution in [0, 0.1) is 18.6 Å². The van der Waals surface area contributed by atoms with Crippen LogP contribution in [0.25, 0.3) is 22.5 Å². The van der Waals surface area contributed by atoms with Crippen LogP contribution < -0.4 is 11.3 Å². The fraction of sp³-hybridized carbons (Fsp3) is 0.226. The standard InChI is InChI=1S/C31H28F2N4O3.K.H/c1-3-4-12-28-24(30(38)37(19(2)34-28)18-25-26(32)10-7-11-27(25)33)17-20-13-15-21(16-14-20)22-8-5-6-9-23(22)29-35-31(39)40-36-29;;/h5-11,13-16H,3-4,12,17-18H2,1-2H3,(H,35,36,39);;. The first kappa shape index (κ1) is 30.9. The van der Waals surface area contributed by atoms with Crippen LogP contribution in [0.3, 0.4) is 0 Å². The zero-order valence-electron chi connectivity index (χ0n) is 22.2. The minimum absolute atomic E-state index is 0. The van der Waals surface area contributed by atoms with Crippen molar-refractivity contribution in [3.8, 4) is 22.5 Å². The first-order chi connectivity index (χ1) is 19.4. The molecule has 0 fully saturated rings. The molecule has 0 atom stereocenters. The predicted molar refractivity (Wildman–Crippen MR) is 155 cm³/mol. The van der Waals surface area contributed by atoms with Crippen LogP contribution in [0.4, 0.5) is 8.78 Å². The Morgan fingerprint density at radius 2 is 1.59 bits per heavy atom. The minimum atomic E-state index is -0.700.